The lowest BCUT2D eigenvalue weighted by Gasteiger charge is -2.06. The summed E-state index contributed by atoms with van der Waals surface area (Å²) in [6.45, 7) is 0. The first kappa shape index (κ1) is 10.4. The molecular weight excluding hydrogens is 199 g/mol. The molecule has 0 saturated carbocycles. The molecular formula is C8H8F3NS. The highest BCUT2D eigenvalue weighted by Gasteiger charge is 2.32. The number of pyridine rings is 1. The second kappa shape index (κ2) is 4.00. The third-order valence-corrected chi connectivity index (χ3v) is 1.97. The number of aromatic nitrogens is 1. The largest absolute Gasteiger partial charge is 0.433 e. The van der Waals surface area contributed by atoms with Gasteiger partial charge in [-0.05, 0) is 18.4 Å². The van der Waals surface area contributed by atoms with E-state index in [-0.39, 0.29) is 0 Å². The SMILES string of the molecule is CSCc1cccc(C(F)(F)F)n1. The van der Waals surface area contributed by atoms with E-state index in [1.807, 2.05) is 6.26 Å². The van der Waals surface area contributed by atoms with Gasteiger partial charge >= 0.3 is 6.18 Å². The fourth-order valence-corrected chi connectivity index (χ4v) is 1.32. The maximum Gasteiger partial charge on any atom is 0.433 e. The zero-order valence-electron chi connectivity index (χ0n) is 6.93. The molecule has 0 atom stereocenters. The average molecular weight is 207 g/mol. The molecule has 72 valence electrons. The van der Waals surface area contributed by atoms with Gasteiger partial charge in [-0.3, -0.25) is 0 Å². The molecule has 0 spiro atoms. The van der Waals surface area contributed by atoms with Gasteiger partial charge in [0.15, 0.2) is 0 Å². The molecule has 1 aromatic heterocycles. The van der Waals surface area contributed by atoms with E-state index >= 15 is 0 Å². The summed E-state index contributed by atoms with van der Waals surface area (Å²) in [6.07, 6.45) is -2.52. The van der Waals surface area contributed by atoms with Crippen LogP contribution in [0.15, 0.2) is 18.2 Å². The first-order chi connectivity index (χ1) is 6.04. The zero-order valence-corrected chi connectivity index (χ0v) is 7.75. The molecule has 1 aromatic rings. The first-order valence-electron chi connectivity index (χ1n) is 3.56. The Kier molecular flexibility index (Phi) is 3.19. The third kappa shape index (κ3) is 2.91. The number of rotatable bonds is 2. The van der Waals surface area contributed by atoms with Crippen LogP contribution >= 0.6 is 11.8 Å². The normalized spacial score (nSPS) is 11.7. The van der Waals surface area contributed by atoms with E-state index in [0.717, 1.165) is 6.07 Å². The van der Waals surface area contributed by atoms with E-state index in [2.05, 4.69) is 4.98 Å². The summed E-state index contributed by atoms with van der Waals surface area (Å²) >= 11 is 1.44. The van der Waals surface area contributed by atoms with Gasteiger partial charge in [-0.1, -0.05) is 6.07 Å². The highest BCUT2D eigenvalue weighted by atomic mass is 32.2. The predicted octanol–water partition coefficient (Wildman–Crippen LogP) is 2.96. The highest BCUT2D eigenvalue weighted by Crippen LogP contribution is 2.27. The summed E-state index contributed by atoms with van der Waals surface area (Å²) in [5.41, 5.74) is -0.360. The van der Waals surface area contributed by atoms with E-state index < -0.39 is 11.9 Å². The Morgan fingerprint density at radius 2 is 2.08 bits per heavy atom. The summed E-state index contributed by atoms with van der Waals surface area (Å²) in [4.78, 5) is 3.49. The van der Waals surface area contributed by atoms with Gasteiger partial charge in [-0.2, -0.15) is 24.9 Å². The van der Waals surface area contributed by atoms with E-state index in [1.165, 1.54) is 17.8 Å². The molecule has 5 heteroatoms. The molecule has 0 saturated heterocycles. The molecule has 0 N–H and O–H groups in total. The topological polar surface area (TPSA) is 12.9 Å². The molecule has 0 aliphatic carbocycles. The smallest absolute Gasteiger partial charge is 0.247 e. The van der Waals surface area contributed by atoms with E-state index in [1.54, 1.807) is 6.07 Å². The van der Waals surface area contributed by atoms with Crippen LogP contribution < -0.4 is 0 Å². The zero-order chi connectivity index (χ0) is 9.90. The summed E-state index contributed by atoms with van der Waals surface area (Å²) < 4.78 is 36.4. The van der Waals surface area contributed by atoms with Gasteiger partial charge in [-0.25, -0.2) is 4.98 Å². The Morgan fingerprint density at radius 1 is 1.38 bits per heavy atom. The molecule has 1 heterocycles. The molecule has 0 aliphatic rings. The second-order valence-electron chi connectivity index (χ2n) is 2.44. The molecule has 0 aromatic carbocycles. The molecule has 0 bridgehead atoms. The van der Waals surface area contributed by atoms with Crippen LogP contribution in [0.4, 0.5) is 13.2 Å². The third-order valence-electron chi connectivity index (χ3n) is 1.39. The summed E-state index contributed by atoms with van der Waals surface area (Å²) in [7, 11) is 0. The van der Waals surface area contributed by atoms with Crippen LogP contribution in [-0.2, 0) is 11.9 Å². The molecule has 0 aliphatic heterocycles. The van der Waals surface area contributed by atoms with Gasteiger partial charge < -0.3 is 0 Å². The summed E-state index contributed by atoms with van der Waals surface area (Å²) in [5, 5.41) is 0. The van der Waals surface area contributed by atoms with Crippen molar-refractivity contribution < 1.29 is 13.2 Å². The Bertz CT molecular complexity index is 285. The lowest BCUT2D eigenvalue weighted by Crippen LogP contribution is -2.08. The van der Waals surface area contributed by atoms with Crippen LogP contribution in [0.1, 0.15) is 11.4 Å². The fraction of sp³-hybridized carbons (Fsp3) is 0.375. The van der Waals surface area contributed by atoms with Gasteiger partial charge in [0, 0.05) is 5.75 Å². The lowest BCUT2D eigenvalue weighted by molar-refractivity contribution is -0.141. The lowest BCUT2D eigenvalue weighted by atomic mass is 10.3. The molecule has 0 radical (unpaired) electrons. The summed E-state index contributed by atoms with van der Waals surface area (Å²) in [6, 6.07) is 3.94. The second-order valence-corrected chi connectivity index (χ2v) is 3.31. The van der Waals surface area contributed by atoms with Gasteiger partial charge in [0.1, 0.15) is 5.69 Å². The van der Waals surface area contributed by atoms with Gasteiger partial charge in [0.05, 0.1) is 5.69 Å². The number of halogens is 3. The van der Waals surface area contributed by atoms with E-state index in [4.69, 9.17) is 0 Å². The van der Waals surface area contributed by atoms with Crippen molar-refractivity contribution in [1.29, 1.82) is 0 Å². The predicted molar refractivity (Wildman–Crippen MR) is 46.5 cm³/mol. The number of nitrogens with zero attached hydrogens (tertiary/aromatic N) is 1. The summed E-state index contributed by atoms with van der Waals surface area (Å²) in [5.74, 6) is 0.504. The standard InChI is InChI=1S/C8H8F3NS/c1-13-5-6-3-2-4-7(12-6)8(9,10)11/h2-4H,5H2,1H3. The maximum absolute atomic E-state index is 12.1. The van der Waals surface area contributed by atoms with Crippen molar-refractivity contribution in [2.24, 2.45) is 0 Å². The number of thioether (sulfide) groups is 1. The van der Waals surface area contributed by atoms with Crippen molar-refractivity contribution >= 4 is 11.8 Å². The minimum atomic E-state index is -4.34. The highest BCUT2D eigenvalue weighted by molar-refractivity contribution is 7.97. The average Bonchev–Trinajstić information content (AvgIpc) is 2.04. The molecule has 1 nitrogen and oxygen atoms in total. The Hall–Kier alpha value is -0.710. The minimum absolute atomic E-state index is 0.460. The van der Waals surface area contributed by atoms with Crippen molar-refractivity contribution in [2.45, 2.75) is 11.9 Å². The van der Waals surface area contributed by atoms with Crippen molar-refractivity contribution in [2.75, 3.05) is 6.26 Å². The van der Waals surface area contributed by atoms with Crippen LogP contribution in [0.5, 0.6) is 0 Å². The van der Waals surface area contributed by atoms with Crippen molar-refractivity contribution in [3.05, 3.63) is 29.6 Å². The first-order valence-corrected chi connectivity index (χ1v) is 4.95. The minimum Gasteiger partial charge on any atom is -0.247 e. The quantitative estimate of drug-likeness (QED) is 0.739. The Labute approximate surface area is 78.4 Å². The van der Waals surface area contributed by atoms with E-state index in [9.17, 15) is 13.2 Å². The van der Waals surface area contributed by atoms with Gasteiger partial charge in [-0.15, -0.1) is 0 Å². The van der Waals surface area contributed by atoms with Crippen LogP contribution in [0.2, 0.25) is 0 Å². The molecule has 0 unspecified atom stereocenters. The van der Waals surface area contributed by atoms with Crippen LogP contribution in [0.25, 0.3) is 0 Å². The molecule has 13 heavy (non-hydrogen) atoms. The van der Waals surface area contributed by atoms with Crippen LogP contribution in [0, 0.1) is 0 Å². The monoisotopic (exact) mass is 207 g/mol. The molecule has 0 fully saturated rings. The number of hydrogen-bond donors (Lipinski definition) is 0. The fourth-order valence-electron chi connectivity index (χ4n) is 0.866. The number of alkyl halides is 3. The van der Waals surface area contributed by atoms with Gasteiger partial charge in [0.2, 0.25) is 0 Å². The molecule has 0 amide bonds. The van der Waals surface area contributed by atoms with Gasteiger partial charge in [0.25, 0.3) is 0 Å². The maximum atomic E-state index is 12.1. The van der Waals surface area contributed by atoms with E-state index in [0.29, 0.717) is 11.4 Å². The number of hydrogen-bond acceptors (Lipinski definition) is 2. The Morgan fingerprint density at radius 3 is 2.62 bits per heavy atom. The van der Waals surface area contributed by atoms with Crippen LogP contribution in [0.3, 0.4) is 0 Å². The van der Waals surface area contributed by atoms with Crippen molar-refractivity contribution in [3.8, 4) is 0 Å². The Balaban J connectivity index is 2.92. The van der Waals surface area contributed by atoms with Crippen molar-refractivity contribution in [1.82, 2.24) is 4.98 Å². The van der Waals surface area contributed by atoms with Crippen LogP contribution in [-0.4, -0.2) is 11.2 Å². The van der Waals surface area contributed by atoms with Crippen molar-refractivity contribution in [3.63, 3.8) is 0 Å². The molecule has 1 rings (SSSR count).